The summed E-state index contributed by atoms with van der Waals surface area (Å²) in [7, 11) is 4.30. The van der Waals surface area contributed by atoms with Gasteiger partial charge in [0.25, 0.3) is 0 Å². The first-order chi connectivity index (χ1) is 4.20. The Balaban J connectivity index is 2.37. The summed E-state index contributed by atoms with van der Waals surface area (Å²) < 4.78 is 0. The molecule has 0 fully saturated rings. The van der Waals surface area contributed by atoms with Crippen molar-refractivity contribution in [1.82, 2.24) is 4.90 Å². The lowest BCUT2D eigenvalue weighted by molar-refractivity contribution is 0.304. The third-order valence-corrected chi connectivity index (χ3v) is 2.03. The molecular formula is C8H15N. The van der Waals surface area contributed by atoms with Gasteiger partial charge in [-0.05, 0) is 33.9 Å². The molecular weight excluding hydrogens is 110 g/mol. The van der Waals surface area contributed by atoms with Gasteiger partial charge in [0.2, 0.25) is 0 Å². The summed E-state index contributed by atoms with van der Waals surface area (Å²) in [6.07, 6.45) is 4.86. The fraction of sp³-hybridized carbons (Fsp3) is 0.750. The quantitative estimate of drug-likeness (QED) is 0.482. The van der Waals surface area contributed by atoms with Gasteiger partial charge in [-0.15, -0.1) is 0 Å². The standard InChI is InChI=1S/C8H15N/c1-7-4-5-8(6-7)9(2)3/h4,8H,5-6H2,1-3H3. The molecule has 0 heterocycles. The van der Waals surface area contributed by atoms with Crippen LogP contribution in [0, 0.1) is 0 Å². The second-order valence-corrected chi connectivity index (χ2v) is 3.11. The molecule has 0 aliphatic heterocycles. The van der Waals surface area contributed by atoms with E-state index >= 15 is 0 Å². The van der Waals surface area contributed by atoms with Gasteiger partial charge < -0.3 is 4.90 Å². The van der Waals surface area contributed by atoms with Crippen LogP contribution in [-0.2, 0) is 0 Å². The van der Waals surface area contributed by atoms with Crippen LogP contribution in [0.15, 0.2) is 11.6 Å². The summed E-state index contributed by atoms with van der Waals surface area (Å²) in [6.45, 7) is 2.21. The lowest BCUT2D eigenvalue weighted by Gasteiger charge is -2.18. The van der Waals surface area contributed by atoms with Crippen LogP contribution < -0.4 is 0 Å². The molecule has 1 unspecified atom stereocenters. The highest BCUT2D eigenvalue weighted by Crippen LogP contribution is 2.20. The molecule has 0 aromatic carbocycles. The molecule has 1 atom stereocenters. The molecule has 0 aromatic heterocycles. The number of nitrogens with zero attached hydrogens (tertiary/aromatic N) is 1. The Morgan fingerprint density at radius 3 is 2.44 bits per heavy atom. The largest absolute Gasteiger partial charge is 0.306 e. The van der Waals surface area contributed by atoms with Gasteiger partial charge in [0, 0.05) is 6.04 Å². The Hall–Kier alpha value is -0.300. The maximum Gasteiger partial charge on any atom is 0.0161 e. The Labute approximate surface area is 57.4 Å². The number of rotatable bonds is 1. The molecule has 1 rings (SSSR count). The van der Waals surface area contributed by atoms with Crippen LogP contribution in [0.4, 0.5) is 0 Å². The van der Waals surface area contributed by atoms with E-state index in [1.807, 2.05) is 0 Å². The molecule has 9 heavy (non-hydrogen) atoms. The summed E-state index contributed by atoms with van der Waals surface area (Å²) in [5.41, 5.74) is 1.55. The first-order valence-electron chi connectivity index (χ1n) is 3.52. The van der Waals surface area contributed by atoms with Crippen LogP contribution >= 0.6 is 0 Å². The summed E-state index contributed by atoms with van der Waals surface area (Å²) in [4.78, 5) is 2.30. The lowest BCUT2D eigenvalue weighted by Crippen LogP contribution is -2.24. The summed E-state index contributed by atoms with van der Waals surface area (Å²) in [5, 5.41) is 0. The van der Waals surface area contributed by atoms with Crippen molar-refractivity contribution in [2.45, 2.75) is 25.8 Å². The predicted octanol–water partition coefficient (Wildman–Crippen LogP) is 1.66. The average Bonchev–Trinajstić information content (AvgIpc) is 2.14. The van der Waals surface area contributed by atoms with Gasteiger partial charge >= 0.3 is 0 Å². The molecule has 0 aromatic rings. The first kappa shape index (κ1) is 6.81. The van der Waals surface area contributed by atoms with Gasteiger partial charge in [-0.1, -0.05) is 11.6 Å². The molecule has 0 amide bonds. The van der Waals surface area contributed by atoms with E-state index in [9.17, 15) is 0 Å². The third-order valence-electron chi connectivity index (χ3n) is 2.03. The highest BCUT2D eigenvalue weighted by molar-refractivity contribution is 5.09. The highest BCUT2D eigenvalue weighted by atomic mass is 15.1. The fourth-order valence-electron chi connectivity index (χ4n) is 1.27. The summed E-state index contributed by atoms with van der Waals surface area (Å²) in [6, 6.07) is 0.782. The highest BCUT2D eigenvalue weighted by Gasteiger charge is 2.15. The van der Waals surface area contributed by atoms with Crippen molar-refractivity contribution in [2.24, 2.45) is 0 Å². The fourth-order valence-corrected chi connectivity index (χ4v) is 1.27. The molecule has 0 spiro atoms. The minimum Gasteiger partial charge on any atom is -0.306 e. The zero-order chi connectivity index (χ0) is 6.85. The van der Waals surface area contributed by atoms with E-state index in [2.05, 4.69) is 32.0 Å². The SMILES string of the molecule is CC1=CCC(N(C)C)C1. The number of hydrogen-bond acceptors (Lipinski definition) is 1. The maximum absolute atomic E-state index is 2.34. The molecule has 0 radical (unpaired) electrons. The van der Waals surface area contributed by atoms with Crippen molar-refractivity contribution in [3.8, 4) is 0 Å². The third kappa shape index (κ3) is 1.55. The van der Waals surface area contributed by atoms with E-state index in [0.29, 0.717) is 0 Å². The Morgan fingerprint density at radius 1 is 1.56 bits per heavy atom. The second-order valence-electron chi connectivity index (χ2n) is 3.11. The topological polar surface area (TPSA) is 3.24 Å². The molecule has 1 heteroatoms. The lowest BCUT2D eigenvalue weighted by atomic mass is 10.2. The molecule has 0 N–H and O–H groups in total. The Kier molecular flexibility index (Phi) is 1.91. The van der Waals surface area contributed by atoms with E-state index in [-0.39, 0.29) is 0 Å². The minimum atomic E-state index is 0.782. The normalized spacial score (nSPS) is 27.1. The van der Waals surface area contributed by atoms with E-state index in [1.54, 1.807) is 5.57 Å². The van der Waals surface area contributed by atoms with Gasteiger partial charge in [0.15, 0.2) is 0 Å². The molecule has 0 bridgehead atoms. The Bertz CT molecular complexity index is 125. The number of hydrogen-bond donors (Lipinski definition) is 0. The van der Waals surface area contributed by atoms with Crippen molar-refractivity contribution in [2.75, 3.05) is 14.1 Å². The summed E-state index contributed by atoms with van der Waals surface area (Å²) in [5.74, 6) is 0. The second kappa shape index (κ2) is 2.53. The van der Waals surface area contributed by atoms with Crippen LogP contribution in [0.2, 0.25) is 0 Å². The zero-order valence-corrected chi connectivity index (χ0v) is 6.52. The van der Waals surface area contributed by atoms with E-state index in [4.69, 9.17) is 0 Å². The molecule has 0 saturated heterocycles. The van der Waals surface area contributed by atoms with Gasteiger partial charge in [0.1, 0.15) is 0 Å². The van der Waals surface area contributed by atoms with E-state index < -0.39 is 0 Å². The zero-order valence-electron chi connectivity index (χ0n) is 6.52. The minimum absolute atomic E-state index is 0.782. The van der Waals surface area contributed by atoms with Crippen molar-refractivity contribution < 1.29 is 0 Å². The van der Waals surface area contributed by atoms with Crippen LogP contribution in [-0.4, -0.2) is 25.0 Å². The molecule has 52 valence electrons. The van der Waals surface area contributed by atoms with Crippen LogP contribution in [0.25, 0.3) is 0 Å². The first-order valence-corrected chi connectivity index (χ1v) is 3.52. The average molecular weight is 125 g/mol. The van der Waals surface area contributed by atoms with Gasteiger partial charge in [0.05, 0.1) is 0 Å². The van der Waals surface area contributed by atoms with Gasteiger partial charge in [-0.2, -0.15) is 0 Å². The smallest absolute Gasteiger partial charge is 0.0161 e. The van der Waals surface area contributed by atoms with Crippen molar-refractivity contribution in [3.05, 3.63) is 11.6 Å². The van der Waals surface area contributed by atoms with Crippen LogP contribution in [0.3, 0.4) is 0 Å². The molecule has 1 aliphatic rings. The Morgan fingerprint density at radius 2 is 2.22 bits per heavy atom. The molecule has 1 aliphatic carbocycles. The van der Waals surface area contributed by atoms with E-state index in [1.165, 1.54) is 12.8 Å². The van der Waals surface area contributed by atoms with Crippen LogP contribution in [0.5, 0.6) is 0 Å². The maximum atomic E-state index is 2.34. The van der Waals surface area contributed by atoms with Gasteiger partial charge in [-0.3, -0.25) is 0 Å². The van der Waals surface area contributed by atoms with Gasteiger partial charge in [-0.25, -0.2) is 0 Å². The van der Waals surface area contributed by atoms with E-state index in [0.717, 1.165) is 6.04 Å². The molecule has 0 saturated carbocycles. The van der Waals surface area contributed by atoms with Crippen molar-refractivity contribution in [1.29, 1.82) is 0 Å². The van der Waals surface area contributed by atoms with Crippen molar-refractivity contribution >= 4 is 0 Å². The predicted molar refractivity (Wildman–Crippen MR) is 40.5 cm³/mol. The van der Waals surface area contributed by atoms with Crippen LogP contribution in [0.1, 0.15) is 19.8 Å². The van der Waals surface area contributed by atoms with Crippen molar-refractivity contribution in [3.63, 3.8) is 0 Å². The monoisotopic (exact) mass is 125 g/mol. The molecule has 1 nitrogen and oxygen atoms in total. The summed E-state index contributed by atoms with van der Waals surface area (Å²) >= 11 is 0.